The maximum absolute atomic E-state index is 5.66. The Hall–Kier alpha value is -1.34. The van der Waals surface area contributed by atoms with Gasteiger partial charge in [0.1, 0.15) is 0 Å². The van der Waals surface area contributed by atoms with Crippen LogP contribution in [0.2, 0.25) is 0 Å². The topological polar surface area (TPSA) is 9.23 Å². The van der Waals surface area contributed by atoms with Crippen LogP contribution in [0, 0.1) is 0 Å². The van der Waals surface area contributed by atoms with E-state index >= 15 is 0 Å². The highest BCUT2D eigenvalue weighted by atomic mass is 16.5. The van der Waals surface area contributed by atoms with Gasteiger partial charge in [-0.05, 0) is 24.8 Å². The minimum atomic E-state index is 0.726. The van der Waals surface area contributed by atoms with Crippen LogP contribution in [-0.2, 0) is 11.3 Å². The van der Waals surface area contributed by atoms with Crippen LogP contribution < -0.4 is 0 Å². The van der Waals surface area contributed by atoms with Crippen molar-refractivity contribution in [2.75, 3.05) is 6.61 Å². The fourth-order valence-electron chi connectivity index (χ4n) is 1.83. The third kappa shape index (κ3) is 5.83. The van der Waals surface area contributed by atoms with Crippen molar-refractivity contribution in [2.45, 2.75) is 39.7 Å². The van der Waals surface area contributed by atoms with E-state index < -0.39 is 0 Å². The lowest BCUT2D eigenvalue weighted by Crippen LogP contribution is -1.98. The van der Waals surface area contributed by atoms with E-state index in [1.807, 2.05) is 32.0 Å². The molecule has 1 aromatic carbocycles. The third-order valence-electron chi connectivity index (χ3n) is 2.78. The molecule has 98 valence electrons. The minimum Gasteiger partial charge on any atom is -0.376 e. The predicted octanol–water partition coefficient (Wildman–Crippen LogP) is 4.90. The van der Waals surface area contributed by atoms with Crippen molar-refractivity contribution in [2.24, 2.45) is 0 Å². The summed E-state index contributed by atoms with van der Waals surface area (Å²) in [6.07, 6.45) is 10.0. The van der Waals surface area contributed by atoms with E-state index in [9.17, 15) is 0 Å². The van der Waals surface area contributed by atoms with Crippen molar-refractivity contribution in [3.05, 3.63) is 59.7 Å². The summed E-state index contributed by atoms with van der Waals surface area (Å²) in [4.78, 5) is 0. The summed E-state index contributed by atoms with van der Waals surface area (Å²) >= 11 is 0. The van der Waals surface area contributed by atoms with Crippen molar-refractivity contribution in [1.82, 2.24) is 0 Å². The summed E-state index contributed by atoms with van der Waals surface area (Å²) in [6, 6.07) is 10.3. The summed E-state index contributed by atoms with van der Waals surface area (Å²) in [5, 5.41) is 0. The van der Waals surface area contributed by atoms with Gasteiger partial charge in [-0.2, -0.15) is 0 Å². The second kappa shape index (κ2) is 9.67. The van der Waals surface area contributed by atoms with E-state index in [0.717, 1.165) is 19.6 Å². The first-order valence-corrected chi connectivity index (χ1v) is 6.91. The smallest absolute Gasteiger partial charge is 0.0717 e. The van der Waals surface area contributed by atoms with Crippen LogP contribution in [0.5, 0.6) is 0 Å². The summed E-state index contributed by atoms with van der Waals surface area (Å²) in [5.41, 5.74) is 2.76. The van der Waals surface area contributed by atoms with Crippen molar-refractivity contribution in [3.8, 4) is 0 Å². The monoisotopic (exact) mass is 244 g/mol. The molecule has 18 heavy (non-hydrogen) atoms. The Morgan fingerprint density at radius 1 is 1.11 bits per heavy atom. The Kier molecular flexibility index (Phi) is 7.90. The van der Waals surface area contributed by atoms with Crippen LogP contribution in [0.1, 0.15) is 38.7 Å². The Bertz CT molecular complexity index is 362. The maximum Gasteiger partial charge on any atom is 0.0717 e. The van der Waals surface area contributed by atoms with Gasteiger partial charge in [-0.25, -0.2) is 0 Å². The highest BCUT2D eigenvalue weighted by Gasteiger charge is 1.99. The molecular formula is C17H24O. The van der Waals surface area contributed by atoms with Gasteiger partial charge < -0.3 is 4.74 Å². The molecule has 0 unspecified atom stereocenters. The van der Waals surface area contributed by atoms with E-state index in [0.29, 0.717) is 0 Å². The molecule has 0 amide bonds. The molecule has 0 N–H and O–H groups in total. The Labute approximate surface area is 111 Å². The summed E-state index contributed by atoms with van der Waals surface area (Å²) in [6.45, 7) is 5.55. The van der Waals surface area contributed by atoms with Crippen LogP contribution in [0.15, 0.2) is 54.1 Å². The van der Waals surface area contributed by atoms with Gasteiger partial charge >= 0.3 is 0 Å². The van der Waals surface area contributed by atoms with Gasteiger partial charge in [0, 0.05) is 0 Å². The van der Waals surface area contributed by atoms with Crippen LogP contribution in [-0.4, -0.2) is 6.61 Å². The zero-order valence-corrected chi connectivity index (χ0v) is 11.6. The molecule has 0 spiro atoms. The quantitative estimate of drug-likeness (QED) is 0.670. The standard InChI is InChI=1S/C15H18O.C2H6/c1-3-7-14(8-4-1)11-12-16-13-15-9-5-2-6-10-15;1-2/h1-3,5-7,9-10H,4,8,11-13H2;1-2H3. The van der Waals surface area contributed by atoms with Crippen molar-refractivity contribution >= 4 is 0 Å². The second-order valence-electron chi connectivity index (χ2n) is 4.08. The van der Waals surface area contributed by atoms with Gasteiger partial charge in [-0.15, -0.1) is 0 Å². The average molecular weight is 244 g/mol. The van der Waals surface area contributed by atoms with Gasteiger partial charge in [0.2, 0.25) is 0 Å². The lowest BCUT2D eigenvalue weighted by atomic mass is 10.0. The number of hydrogen-bond acceptors (Lipinski definition) is 1. The molecule has 0 bridgehead atoms. The molecule has 0 aliphatic heterocycles. The lowest BCUT2D eigenvalue weighted by molar-refractivity contribution is 0.123. The minimum absolute atomic E-state index is 0.726. The summed E-state index contributed by atoms with van der Waals surface area (Å²) in [7, 11) is 0. The molecule has 2 rings (SSSR count). The largest absolute Gasteiger partial charge is 0.376 e. The number of allylic oxidation sites excluding steroid dienone is 3. The molecule has 0 saturated carbocycles. The first-order chi connectivity index (χ1) is 8.95. The van der Waals surface area contributed by atoms with E-state index in [-0.39, 0.29) is 0 Å². The van der Waals surface area contributed by atoms with Gasteiger partial charge in [-0.3, -0.25) is 0 Å². The number of rotatable bonds is 5. The maximum atomic E-state index is 5.66. The fraction of sp³-hybridized carbons (Fsp3) is 0.412. The molecule has 0 fully saturated rings. The van der Waals surface area contributed by atoms with E-state index in [2.05, 4.69) is 30.4 Å². The van der Waals surface area contributed by atoms with Crippen molar-refractivity contribution < 1.29 is 4.74 Å². The average Bonchev–Trinajstić information content (AvgIpc) is 2.48. The van der Waals surface area contributed by atoms with Crippen LogP contribution in [0.3, 0.4) is 0 Å². The molecular weight excluding hydrogens is 220 g/mol. The molecule has 1 nitrogen and oxygen atoms in total. The Morgan fingerprint density at radius 2 is 1.89 bits per heavy atom. The molecule has 0 heterocycles. The Morgan fingerprint density at radius 3 is 2.56 bits per heavy atom. The van der Waals surface area contributed by atoms with Crippen LogP contribution in [0.4, 0.5) is 0 Å². The molecule has 0 saturated heterocycles. The summed E-state index contributed by atoms with van der Waals surface area (Å²) in [5.74, 6) is 0. The highest BCUT2D eigenvalue weighted by molar-refractivity contribution is 5.17. The summed E-state index contributed by atoms with van der Waals surface area (Å²) < 4.78 is 5.66. The van der Waals surface area contributed by atoms with E-state index in [1.54, 1.807) is 0 Å². The van der Waals surface area contributed by atoms with Gasteiger partial charge in [0.15, 0.2) is 0 Å². The van der Waals surface area contributed by atoms with Crippen molar-refractivity contribution in [1.29, 1.82) is 0 Å². The molecule has 1 aliphatic rings. The van der Waals surface area contributed by atoms with Crippen molar-refractivity contribution in [3.63, 3.8) is 0 Å². The molecule has 0 atom stereocenters. The molecule has 1 heteroatoms. The first kappa shape index (κ1) is 14.7. The SMILES string of the molecule is C1=CCCC(CCOCc2ccccc2)=C1.CC. The highest BCUT2D eigenvalue weighted by Crippen LogP contribution is 2.15. The van der Waals surface area contributed by atoms with Gasteiger partial charge in [0.25, 0.3) is 0 Å². The molecule has 1 aliphatic carbocycles. The Balaban J connectivity index is 0.000000771. The van der Waals surface area contributed by atoms with Gasteiger partial charge in [-0.1, -0.05) is 68.0 Å². The number of hydrogen-bond donors (Lipinski definition) is 0. The zero-order chi connectivity index (χ0) is 13.1. The number of benzene rings is 1. The molecule has 0 radical (unpaired) electrons. The second-order valence-corrected chi connectivity index (χ2v) is 4.08. The first-order valence-electron chi connectivity index (χ1n) is 6.91. The number of ether oxygens (including phenoxy) is 1. The van der Waals surface area contributed by atoms with E-state index in [1.165, 1.54) is 24.0 Å². The normalized spacial score (nSPS) is 13.6. The zero-order valence-electron chi connectivity index (χ0n) is 11.6. The van der Waals surface area contributed by atoms with Crippen LogP contribution >= 0.6 is 0 Å². The lowest BCUT2D eigenvalue weighted by Gasteiger charge is -2.09. The molecule has 0 aromatic heterocycles. The third-order valence-corrected chi connectivity index (χ3v) is 2.78. The van der Waals surface area contributed by atoms with Gasteiger partial charge in [0.05, 0.1) is 13.2 Å². The predicted molar refractivity (Wildman–Crippen MR) is 78.5 cm³/mol. The fourth-order valence-corrected chi connectivity index (χ4v) is 1.83. The van der Waals surface area contributed by atoms with Crippen LogP contribution in [0.25, 0.3) is 0 Å². The van der Waals surface area contributed by atoms with E-state index in [4.69, 9.17) is 4.74 Å². The molecule has 1 aromatic rings.